The molecule has 0 unspecified atom stereocenters. The average molecular weight is 341 g/mol. The van der Waals surface area contributed by atoms with E-state index in [9.17, 15) is 9.59 Å². The normalized spacial score (nSPS) is 22.4. The topological polar surface area (TPSA) is 88.1 Å². The van der Waals surface area contributed by atoms with E-state index >= 15 is 0 Å². The van der Waals surface area contributed by atoms with Gasteiger partial charge in [0.05, 0.1) is 11.6 Å². The average Bonchev–Trinajstić information content (AvgIpc) is 3.12. The van der Waals surface area contributed by atoms with Crippen LogP contribution in [0.3, 0.4) is 0 Å². The van der Waals surface area contributed by atoms with Crippen molar-refractivity contribution in [2.24, 2.45) is 0 Å². The molecular weight excluding hydrogens is 324 g/mol. The molecule has 1 amide bonds. The van der Waals surface area contributed by atoms with E-state index in [2.05, 4.69) is 5.32 Å². The second-order valence-electron chi connectivity index (χ2n) is 5.98. The first-order chi connectivity index (χ1) is 10.9. The molecule has 2 heterocycles. The first-order valence-electron chi connectivity index (χ1n) is 7.23. The number of aliphatic carboxylic acids is 1. The number of carbonyl (C=O) groups is 2. The van der Waals surface area contributed by atoms with Crippen molar-refractivity contribution in [3.05, 3.63) is 22.7 Å². The maximum absolute atomic E-state index is 12.7. The number of hydrogen-bond donors (Lipinski definition) is 2. The van der Waals surface area contributed by atoms with Crippen LogP contribution in [0.25, 0.3) is 0 Å². The van der Waals surface area contributed by atoms with E-state index in [0.29, 0.717) is 41.6 Å². The maximum Gasteiger partial charge on any atom is 0.317 e. The molecule has 1 saturated heterocycles. The zero-order chi connectivity index (χ0) is 16.6. The molecule has 1 fully saturated rings. The summed E-state index contributed by atoms with van der Waals surface area (Å²) in [6.07, 6.45) is 0.685. The fourth-order valence-electron chi connectivity index (χ4n) is 2.84. The summed E-state index contributed by atoms with van der Waals surface area (Å²) in [6, 6.07) is 3.19. The summed E-state index contributed by atoms with van der Waals surface area (Å²) in [4.78, 5) is 25.0. The highest BCUT2D eigenvalue weighted by Crippen LogP contribution is 2.40. The van der Waals surface area contributed by atoms with Crippen molar-refractivity contribution >= 4 is 23.5 Å². The lowest BCUT2D eigenvalue weighted by atomic mass is 10.0. The van der Waals surface area contributed by atoms with Gasteiger partial charge in [0.25, 0.3) is 5.91 Å². The van der Waals surface area contributed by atoms with Crippen LogP contribution in [0.2, 0.25) is 5.02 Å². The van der Waals surface area contributed by atoms with Gasteiger partial charge in [0.2, 0.25) is 6.79 Å². The van der Waals surface area contributed by atoms with Gasteiger partial charge in [-0.3, -0.25) is 14.9 Å². The molecule has 7 nitrogen and oxygen atoms in total. The summed E-state index contributed by atoms with van der Waals surface area (Å²) in [5.74, 6) is -0.158. The van der Waals surface area contributed by atoms with Crippen molar-refractivity contribution in [2.75, 3.05) is 26.4 Å². The van der Waals surface area contributed by atoms with Crippen LogP contribution in [0, 0.1) is 0 Å². The van der Waals surface area contributed by atoms with E-state index in [-0.39, 0.29) is 19.2 Å². The quantitative estimate of drug-likeness (QED) is 0.860. The van der Waals surface area contributed by atoms with Crippen LogP contribution >= 0.6 is 11.6 Å². The van der Waals surface area contributed by atoms with Crippen LogP contribution in [0.4, 0.5) is 0 Å². The molecule has 124 valence electrons. The Morgan fingerprint density at radius 2 is 2.22 bits per heavy atom. The van der Waals surface area contributed by atoms with Crippen molar-refractivity contribution in [3.8, 4) is 11.5 Å². The van der Waals surface area contributed by atoms with Gasteiger partial charge in [-0.15, -0.1) is 0 Å². The highest BCUT2D eigenvalue weighted by Gasteiger charge is 2.36. The van der Waals surface area contributed by atoms with E-state index in [1.165, 1.54) is 0 Å². The van der Waals surface area contributed by atoms with Crippen LogP contribution in [0.5, 0.6) is 11.5 Å². The molecular formula is C15H17ClN2O5. The molecule has 1 aromatic rings. The van der Waals surface area contributed by atoms with Gasteiger partial charge in [0.15, 0.2) is 11.5 Å². The number of halogens is 1. The number of benzene rings is 1. The molecule has 0 aliphatic carbocycles. The number of amides is 1. The molecule has 0 radical (unpaired) electrons. The first-order valence-corrected chi connectivity index (χ1v) is 7.61. The van der Waals surface area contributed by atoms with Crippen molar-refractivity contribution in [1.29, 1.82) is 0 Å². The molecule has 1 atom stereocenters. The number of nitrogens with one attached hydrogen (secondary N) is 1. The number of ether oxygens (including phenoxy) is 2. The smallest absolute Gasteiger partial charge is 0.317 e. The van der Waals surface area contributed by atoms with E-state index in [0.717, 1.165) is 0 Å². The molecule has 0 aromatic heterocycles. The van der Waals surface area contributed by atoms with Gasteiger partial charge < -0.3 is 19.5 Å². The Kier molecular flexibility index (Phi) is 4.08. The molecule has 2 aliphatic rings. The van der Waals surface area contributed by atoms with E-state index < -0.39 is 11.5 Å². The summed E-state index contributed by atoms with van der Waals surface area (Å²) >= 11 is 6.11. The molecule has 0 bridgehead atoms. The van der Waals surface area contributed by atoms with Crippen LogP contribution in [0.1, 0.15) is 23.7 Å². The van der Waals surface area contributed by atoms with Crippen molar-refractivity contribution < 1.29 is 24.2 Å². The number of nitrogens with zero attached hydrogens (tertiary/aromatic N) is 1. The second-order valence-corrected chi connectivity index (χ2v) is 6.38. The molecule has 2 aliphatic heterocycles. The van der Waals surface area contributed by atoms with Gasteiger partial charge in [0, 0.05) is 24.2 Å². The van der Waals surface area contributed by atoms with Gasteiger partial charge in [-0.25, -0.2) is 0 Å². The van der Waals surface area contributed by atoms with Gasteiger partial charge >= 0.3 is 5.97 Å². The molecule has 3 rings (SSSR count). The minimum absolute atomic E-state index is 0.0909. The SMILES string of the molecule is C[C@@]1(NCC(=O)O)CCN(C(=O)c2cc(Cl)c3c(c2)OCO3)C1. The lowest BCUT2D eigenvalue weighted by molar-refractivity contribution is -0.136. The molecule has 0 spiro atoms. The summed E-state index contributed by atoms with van der Waals surface area (Å²) in [5, 5.41) is 12.1. The minimum Gasteiger partial charge on any atom is -0.480 e. The fraction of sp³-hybridized carbons (Fsp3) is 0.467. The van der Waals surface area contributed by atoms with Crippen LogP contribution in [-0.2, 0) is 4.79 Å². The molecule has 8 heteroatoms. The Hall–Kier alpha value is -1.99. The standard InChI is InChI=1S/C15H17ClN2O5/c1-15(17-6-12(19)20)2-3-18(7-15)14(21)9-4-10(16)13-11(5-9)22-8-23-13/h4-5,17H,2-3,6-8H2,1H3,(H,19,20)/t15-/m1/s1. The zero-order valence-electron chi connectivity index (χ0n) is 12.6. The van der Waals surface area contributed by atoms with Crippen molar-refractivity contribution in [3.63, 3.8) is 0 Å². The van der Waals surface area contributed by atoms with Gasteiger partial charge in [-0.1, -0.05) is 11.6 Å². The predicted molar refractivity (Wildman–Crippen MR) is 82.1 cm³/mol. The highest BCUT2D eigenvalue weighted by atomic mass is 35.5. The Balaban J connectivity index is 1.72. The number of likely N-dealkylation sites (tertiary alicyclic amines) is 1. The molecule has 23 heavy (non-hydrogen) atoms. The molecule has 1 aromatic carbocycles. The third-order valence-electron chi connectivity index (χ3n) is 4.10. The summed E-state index contributed by atoms with van der Waals surface area (Å²) in [6.45, 7) is 2.86. The van der Waals surface area contributed by atoms with E-state index in [4.69, 9.17) is 26.2 Å². The predicted octanol–water partition coefficient (Wildman–Crippen LogP) is 1.35. The monoisotopic (exact) mass is 340 g/mol. The van der Waals surface area contributed by atoms with Crippen molar-refractivity contribution in [1.82, 2.24) is 10.2 Å². The van der Waals surface area contributed by atoms with Crippen LogP contribution in [0.15, 0.2) is 12.1 Å². The zero-order valence-corrected chi connectivity index (χ0v) is 13.4. The van der Waals surface area contributed by atoms with Gasteiger partial charge in [0.1, 0.15) is 0 Å². The summed E-state index contributed by atoms with van der Waals surface area (Å²) < 4.78 is 10.5. The summed E-state index contributed by atoms with van der Waals surface area (Å²) in [7, 11) is 0. The Labute approximate surface area is 138 Å². The largest absolute Gasteiger partial charge is 0.480 e. The van der Waals surface area contributed by atoms with Crippen molar-refractivity contribution in [2.45, 2.75) is 18.9 Å². The van der Waals surface area contributed by atoms with Crippen LogP contribution in [-0.4, -0.2) is 53.8 Å². The number of carbonyl (C=O) groups excluding carboxylic acids is 1. The van der Waals surface area contributed by atoms with Gasteiger partial charge in [-0.05, 0) is 25.5 Å². The number of rotatable bonds is 4. The molecule has 0 saturated carbocycles. The van der Waals surface area contributed by atoms with Gasteiger partial charge in [-0.2, -0.15) is 0 Å². The number of carboxylic acids is 1. The lowest BCUT2D eigenvalue weighted by Crippen LogP contribution is -2.47. The minimum atomic E-state index is -0.918. The fourth-order valence-corrected chi connectivity index (χ4v) is 3.11. The van der Waals surface area contributed by atoms with E-state index in [1.807, 2.05) is 6.92 Å². The van der Waals surface area contributed by atoms with E-state index in [1.54, 1.807) is 17.0 Å². The lowest BCUT2D eigenvalue weighted by Gasteiger charge is -2.25. The Bertz CT molecular complexity index is 666. The Morgan fingerprint density at radius 3 is 2.96 bits per heavy atom. The third kappa shape index (κ3) is 3.20. The summed E-state index contributed by atoms with van der Waals surface area (Å²) in [5.41, 5.74) is 0.0236. The highest BCUT2D eigenvalue weighted by molar-refractivity contribution is 6.32. The van der Waals surface area contributed by atoms with Crippen LogP contribution < -0.4 is 14.8 Å². The number of hydrogen-bond acceptors (Lipinski definition) is 5. The third-order valence-corrected chi connectivity index (χ3v) is 4.38. The second kappa shape index (κ2) is 5.90. The maximum atomic E-state index is 12.7. The molecule has 2 N–H and O–H groups in total. The Morgan fingerprint density at radius 1 is 1.43 bits per heavy atom. The number of carboxylic acid groups (broad SMARTS) is 1. The first kappa shape index (κ1) is 15.9. The number of fused-ring (bicyclic) bond motifs is 1.